The van der Waals surface area contributed by atoms with Crippen LogP contribution in [-0.2, 0) is 6.42 Å². The second-order valence-corrected chi connectivity index (χ2v) is 4.82. The lowest BCUT2D eigenvalue weighted by Crippen LogP contribution is -2.07. The van der Waals surface area contributed by atoms with Crippen molar-refractivity contribution in [2.45, 2.75) is 26.7 Å². The standard InChI is InChI=1S/C14H17ClN4/c1-3-4-12-18-13(16)9(2)14(19-12)17-11-7-5-10(15)6-8-11/h5-8H,3-4H2,1-2H3,(H3,16,17,18,19). The van der Waals surface area contributed by atoms with Crippen LogP contribution >= 0.6 is 11.6 Å². The van der Waals surface area contributed by atoms with E-state index in [0.717, 1.165) is 35.7 Å². The maximum atomic E-state index is 5.92. The minimum Gasteiger partial charge on any atom is -0.383 e. The first-order valence-corrected chi connectivity index (χ1v) is 6.63. The fourth-order valence-corrected chi connectivity index (χ4v) is 1.84. The first-order chi connectivity index (χ1) is 9.10. The molecule has 0 bridgehead atoms. The minimum atomic E-state index is 0.523. The summed E-state index contributed by atoms with van der Waals surface area (Å²) in [7, 11) is 0. The quantitative estimate of drug-likeness (QED) is 0.893. The number of anilines is 3. The summed E-state index contributed by atoms with van der Waals surface area (Å²) in [6.45, 7) is 4.00. The molecule has 5 heteroatoms. The van der Waals surface area contributed by atoms with Crippen LogP contribution in [0.3, 0.4) is 0 Å². The van der Waals surface area contributed by atoms with Crippen LogP contribution in [0.1, 0.15) is 24.7 Å². The Hall–Kier alpha value is -1.81. The summed E-state index contributed by atoms with van der Waals surface area (Å²) < 4.78 is 0. The number of aryl methyl sites for hydroxylation is 1. The summed E-state index contributed by atoms with van der Waals surface area (Å²) in [6, 6.07) is 7.46. The van der Waals surface area contributed by atoms with Crippen molar-refractivity contribution in [1.29, 1.82) is 0 Å². The van der Waals surface area contributed by atoms with Gasteiger partial charge in [-0.3, -0.25) is 0 Å². The molecule has 0 saturated heterocycles. The van der Waals surface area contributed by atoms with Crippen molar-refractivity contribution in [3.05, 3.63) is 40.7 Å². The third-order valence-electron chi connectivity index (χ3n) is 2.81. The van der Waals surface area contributed by atoms with Crippen LogP contribution in [0.4, 0.5) is 17.3 Å². The zero-order chi connectivity index (χ0) is 13.8. The highest BCUT2D eigenvalue weighted by Crippen LogP contribution is 2.23. The summed E-state index contributed by atoms with van der Waals surface area (Å²) >= 11 is 5.86. The van der Waals surface area contributed by atoms with E-state index >= 15 is 0 Å². The van der Waals surface area contributed by atoms with E-state index in [0.29, 0.717) is 10.8 Å². The van der Waals surface area contributed by atoms with Gasteiger partial charge >= 0.3 is 0 Å². The van der Waals surface area contributed by atoms with Crippen LogP contribution in [0.15, 0.2) is 24.3 Å². The Morgan fingerprint density at radius 3 is 2.53 bits per heavy atom. The molecule has 2 rings (SSSR count). The smallest absolute Gasteiger partial charge is 0.139 e. The number of hydrogen-bond acceptors (Lipinski definition) is 4. The number of hydrogen-bond donors (Lipinski definition) is 2. The Balaban J connectivity index is 2.30. The third kappa shape index (κ3) is 3.35. The van der Waals surface area contributed by atoms with Gasteiger partial charge in [0.05, 0.1) is 0 Å². The normalized spacial score (nSPS) is 10.5. The molecular weight excluding hydrogens is 260 g/mol. The maximum absolute atomic E-state index is 5.92. The van der Waals surface area contributed by atoms with Crippen LogP contribution in [0.5, 0.6) is 0 Å². The first-order valence-electron chi connectivity index (χ1n) is 6.25. The average molecular weight is 277 g/mol. The van der Waals surface area contributed by atoms with Crippen LogP contribution < -0.4 is 11.1 Å². The van der Waals surface area contributed by atoms with E-state index < -0.39 is 0 Å². The summed E-state index contributed by atoms with van der Waals surface area (Å²) in [4.78, 5) is 8.79. The maximum Gasteiger partial charge on any atom is 0.139 e. The molecule has 0 fully saturated rings. The van der Waals surface area contributed by atoms with Gasteiger partial charge in [-0.05, 0) is 37.6 Å². The van der Waals surface area contributed by atoms with Crippen molar-refractivity contribution in [2.24, 2.45) is 0 Å². The molecule has 0 radical (unpaired) electrons. The average Bonchev–Trinajstić information content (AvgIpc) is 2.38. The van der Waals surface area contributed by atoms with Crippen LogP contribution in [0, 0.1) is 6.92 Å². The van der Waals surface area contributed by atoms with E-state index in [9.17, 15) is 0 Å². The molecule has 0 saturated carbocycles. The number of halogens is 1. The van der Waals surface area contributed by atoms with Crippen molar-refractivity contribution in [1.82, 2.24) is 9.97 Å². The number of nitrogen functional groups attached to an aromatic ring is 1. The topological polar surface area (TPSA) is 63.8 Å². The minimum absolute atomic E-state index is 0.523. The van der Waals surface area contributed by atoms with Crippen molar-refractivity contribution in [2.75, 3.05) is 11.1 Å². The van der Waals surface area contributed by atoms with E-state index in [2.05, 4.69) is 22.2 Å². The molecule has 0 aliphatic rings. The molecule has 1 aromatic carbocycles. The van der Waals surface area contributed by atoms with Gasteiger partial charge in [-0.1, -0.05) is 18.5 Å². The summed E-state index contributed by atoms with van der Waals surface area (Å²) in [5.74, 6) is 2.04. The lowest BCUT2D eigenvalue weighted by molar-refractivity contribution is 0.836. The fourth-order valence-electron chi connectivity index (χ4n) is 1.71. The first kappa shape index (κ1) is 13.6. The zero-order valence-corrected chi connectivity index (χ0v) is 11.8. The lowest BCUT2D eigenvalue weighted by Gasteiger charge is -2.12. The van der Waals surface area contributed by atoms with Gasteiger partial charge in [0.25, 0.3) is 0 Å². The van der Waals surface area contributed by atoms with Crippen LogP contribution in [0.25, 0.3) is 0 Å². The lowest BCUT2D eigenvalue weighted by atomic mass is 10.2. The molecule has 1 heterocycles. The predicted octanol–water partition coefficient (Wildman–Crippen LogP) is 3.72. The highest BCUT2D eigenvalue weighted by molar-refractivity contribution is 6.30. The largest absolute Gasteiger partial charge is 0.383 e. The Labute approximate surface area is 118 Å². The van der Waals surface area contributed by atoms with E-state index in [1.807, 2.05) is 31.2 Å². The fraction of sp³-hybridized carbons (Fsp3) is 0.286. The molecule has 0 amide bonds. The highest BCUT2D eigenvalue weighted by atomic mass is 35.5. The van der Waals surface area contributed by atoms with E-state index in [1.54, 1.807) is 0 Å². The van der Waals surface area contributed by atoms with Gasteiger partial charge in [-0.25, -0.2) is 9.97 Å². The van der Waals surface area contributed by atoms with Crippen molar-refractivity contribution in [3.8, 4) is 0 Å². The molecule has 100 valence electrons. The second kappa shape index (κ2) is 5.89. The summed E-state index contributed by atoms with van der Waals surface area (Å²) in [5, 5.41) is 3.95. The van der Waals surface area contributed by atoms with Crippen molar-refractivity contribution in [3.63, 3.8) is 0 Å². The van der Waals surface area contributed by atoms with Gasteiger partial charge in [-0.2, -0.15) is 0 Å². The Morgan fingerprint density at radius 2 is 1.89 bits per heavy atom. The van der Waals surface area contributed by atoms with Gasteiger partial charge in [0.15, 0.2) is 0 Å². The third-order valence-corrected chi connectivity index (χ3v) is 3.06. The van der Waals surface area contributed by atoms with Gasteiger partial charge < -0.3 is 11.1 Å². The molecule has 0 spiro atoms. The monoisotopic (exact) mass is 276 g/mol. The molecule has 0 aliphatic carbocycles. The molecule has 1 aromatic heterocycles. The number of nitrogens with zero attached hydrogens (tertiary/aromatic N) is 2. The van der Waals surface area contributed by atoms with Crippen molar-refractivity contribution >= 4 is 28.9 Å². The summed E-state index contributed by atoms with van der Waals surface area (Å²) in [5.41, 5.74) is 7.70. The zero-order valence-electron chi connectivity index (χ0n) is 11.1. The highest BCUT2D eigenvalue weighted by Gasteiger charge is 2.08. The number of nitrogens with one attached hydrogen (secondary N) is 1. The number of rotatable bonds is 4. The molecule has 2 aromatic rings. The molecule has 19 heavy (non-hydrogen) atoms. The Kier molecular flexibility index (Phi) is 4.22. The Bertz CT molecular complexity index is 566. The number of aromatic nitrogens is 2. The van der Waals surface area contributed by atoms with Gasteiger partial charge in [0.1, 0.15) is 17.5 Å². The van der Waals surface area contributed by atoms with Gasteiger partial charge in [0, 0.05) is 22.7 Å². The van der Waals surface area contributed by atoms with Crippen LogP contribution in [0.2, 0.25) is 5.02 Å². The number of benzene rings is 1. The van der Waals surface area contributed by atoms with E-state index in [-0.39, 0.29) is 0 Å². The van der Waals surface area contributed by atoms with E-state index in [4.69, 9.17) is 17.3 Å². The molecule has 0 unspecified atom stereocenters. The van der Waals surface area contributed by atoms with Crippen molar-refractivity contribution < 1.29 is 0 Å². The predicted molar refractivity (Wildman–Crippen MR) is 79.9 cm³/mol. The SMILES string of the molecule is CCCc1nc(N)c(C)c(Nc2ccc(Cl)cc2)n1. The Morgan fingerprint density at radius 1 is 1.21 bits per heavy atom. The molecule has 0 atom stereocenters. The molecular formula is C14H17ClN4. The molecule has 3 N–H and O–H groups in total. The van der Waals surface area contributed by atoms with Gasteiger partial charge in [-0.15, -0.1) is 0 Å². The molecule has 4 nitrogen and oxygen atoms in total. The second-order valence-electron chi connectivity index (χ2n) is 4.38. The number of nitrogens with two attached hydrogens (primary N) is 1. The van der Waals surface area contributed by atoms with E-state index in [1.165, 1.54) is 0 Å². The summed E-state index contributed by atoms with van der Waals surface area (Å²) in [6.07, 6.45) is 1.81. The molecule has 0 aliphatic heterocycles. The van der Waals surface area contributed by atoms with Crippen LogP contribution in [-0.4, -0.2) is 9.97 Å². The van der Waals surface area contributed by atoms with Gasteiger partial charge in [0.2, 0.25) is 0 Å².